The van der Waals surface area contributed by atoms with Crippen LogP contribution in [0, 0.1) is 17.8 Å². The Morgan fingerprint density at radius 1 is 1.38 bits per heavy atom. The molecule has 0 radical (unpaired) electrons. The molecule has 0 spiro atoms. The Bertz CT molecular complexity index is 224. The number of piperidine rings is 1. The van der Waals surface area contributed by atoms with E-state index in [1.54, 1.807) is 0 Å². The minimum absolute atomic E-state index is 0.248. The van der Waals surface area contributed by atoms with Crippen molar-refractivity contribution in [2.75, 3.05) is 19.7 Å². The van der Waals surface area contributed by atoms with Crippen LogP contribution in [0.1, 0.15) is 33.1 Å². The Morgan fingerprint density at radius 2 is 1.94 bits per heavy atom. The van der Waals surface area contributed by atoms with Crippen molar-refractivity contribution in [1.29, 1.82) is 0 Å². The number of amides is 1. The summed E-state index contributed by atoms with van der Waals surface area (Å²) in [6, 6.07) is 0. The Hall–Kier alpha value is -0.770. The summed E-state index contributed by atoms with van der Waals surface area (Å²) in [6.07, 6.45) is 2.17. The van der Waals surface area contributed by atoms with Gasteiger partial charge in [-0.15, -0.1) is 0 Å². The molecule has 1 rings (SSSR count). The lowest BCUT2D eigenvalue weighted by Crippen LogP contribution is -2.39. The largest absolute Gasteiger partial charge is 0.465 e. The van der Waals surface area contributed by atoms with Crippen molar-refractivity contribution < 1.29 is 15.0 Å². The number of aliphatic hydroxyl groups excluding tert-OH is 1. The van der Waals surface area contributed by atoms with Gasteiger partial charge in [-0.1, -0.05) is 13.8 Å². The normalized spacial score (nSPS) is 21.8. The summed E-state index contributed by atoms with van der Waals surface area (Å²) in [5.41, 5.74) is 0. The van der Waals surface area contributed by atoms with Crippen molar-refractivity contribution in [3.05, 3.63) is 0 Å². The van der Waals surface area contributed by atoms with Gasteiger partial charge in [0.1, 0.15) is 0 Å². The first-order valence-electron chi connectivity index (χ1n) is 6.13. The fourth-order valence-electron chi connectivity index (χ4n) is 2.56. The van der Waals surface area contributed by atoms with E-state index in [2.05, 4.69) is 13.8 Å². The van der Waals surface area contributed by atoms with E-state index in [-0.39, 0.29) is 6.61 Å². The van der Waals surface area contributed by atoms with Crippen molar-refractivity contribution >= 4 is 6.09 Å². The molecule has 94 valence electrons. The van der Waals surface area contributed by atoms with Gasteiger partial charge < -0.3 is 15.1 Å². The number of carboxylic acid groups (broad SMARTS) is 1. The van der Waals surface area contributed by atoms with Gasteiger partial charge >= 0.3 is 6.09 Å². The zero-order valence-corrected chi connectivity index (χ0v) is 10.2. The Kier molecular flexibility index (Phi) is 5.06. The van der Waals surface area contributed by atoms with Crippen LogP contribution in [0.15, 0.2) is 0 Å². The molecule has 0 saturated carbocycles. The van der Waals surface area contributed by atoms with E-state index in [1.807, 2.05) is 0 Å². The van der Waals surface area contributed by atoms with Crippen molar-refractivity contribution in [2.45, 2.75) is 33.1 Å². The Balaban J connectivity index is 2.32. The van der Waals surface area contributed by atoms with Gasteiger partial charge in [-0.25, -0.2) is 4.79 Å². The molecule has 1 heterocycles. The Labute approximate surface area is 97.3 Å². The lowest BCUT2D eigenvalue weighted by atomic mass is 9.81. The van der Waals surface area contributed by atoms with Crippen LogP contribution in [0.3, 0.4) is 0 Å². The molecule has 2 unspecified atom stereocenters. The highest BCUT2D eigenvalue weighted by atomic mass is 16.4. The lowest BCUT2D eigenvalue weighted by Gasteiger charge is -2.34. The third kappa shape index (κ3) is 3.67. The summed E-state index contributed by atoms with van der Waals surface area (Å²) in [5, 5.41) is 17.9. The number of likely N-dealkylation sites (tertiary alicyclic amines) is 1. The van der Waals surface area contributed by atoms with E-state index in [1.165, 1.54) is 4.90 Å². The number of carbonyl (C=O) groups is 1. The van der Waals surface area contributed by atoms with Crippen LogP contribution in [0.2, 0.25) is 0 Å². The standard InChI is InChI=1S/C12H23NO3/c1-9(8-14)7-10(2)11-3-5-13(6-4-11)12(15)16/h9-11,14H,3-8H2,1-2H3,(H,15,16). The number of hydrogen-bond donors (Lipinski definition) is 2. The van der Waals surface area contributed by atoms with E-state index < -0.39 is 6.09 Å². The maximum atomic E-state index is 10.7. The van der Waals surface area contributed by atoms with Crippen molar-refractivity contribution in [3.8, 4) is 0 Å². The summed E-state index contributed by atoms with van der Waals surface area (Å²) >= 11 is 0. The predicted molar refractivity (Wildman–Crippen MR) is 62.4 cm³/mol. The molecule has 4 heteroatoms. The summed E-state index contributed by atoms with van der Waals surface area (Å²) in [7, 11) is 0. The number of aliphatic hydroxyl groups is 1. The van der Waals surface area contributed by atoms with E-state index in [4.69, 9.17) is 10.2 Å². The molecule has 2 N–H and O–H groups in total. The molecular formula is C12H23NO3. The average Bonchev–Trinajstić information content (AvgIpc) is 2.28. The topological polar surface area (TPSA) is 60.8 Å². The van der Waals surface area contributed by atoms with E-state index in [0.717, 1.165) is 19.3 Å². The van der Waals surface area contributed by atoms with Crippen molar-refractivity contribution in [1.82, 2.24) is 4.90 Å². The molecule has 1 saturated heterocycles. The van der Waals surface area contributed by atoms with Crippen LogP contribution >= 0.6 is 0 Å². The molecule has 1 amide bonds. The third-order valence-corrected chi connectivity index (χ3v) is 3.70. The second kappa shape index (κ2) is 6.09. The zero-order chi connectivity index (χ0) is 12.1. The third-order valence-electron chi connectivity index (χ3n) is 3.70. The molecule has 0 aromatic carbocycles. The Morgan fingerprint density at radius 3 is 2.38 bits per heavy atom. The van der Waals surface area contributed by atoms with Gasteiger partial charge in [0, 0.05) is 19.7 Å². The monoisotopic (exact) mass is 229 g/mol. The van der Waals surface area contributed by atoms with Crippen LogP contribution in [0.5, 0.6) is 0 Å². The highest BCUT2D eigenvalue weighted by molar-refractivity contribution is 5.64. The highest BCUT2D eigenvalue weighted by Crippen LogP contribution is 2.29. The van der Waals surface area contributed by atoms with Gasteiger partial charge in [0.2, 0.25) is 0 Å². The second-order valence-electron chi connectivity index (χ2n) is 5.11. The van der Waals surface area contributed by atoms with Crippen LogP contribution in [0.4, 0.5) is 4.79 Å². The first kappa shape index (κ1) is 13.3. The molecule has 4 nitrogen and oxygen atoms in total. The minimum atomic E-state index is -0.796. The van der Waals surface area contributed by atoms with Crippen LogP contribution in [0.25, 0.3) is 0 Å². The predicted octanol–water partition coefficient (Wildman–Crippen LogP) is 2.03. The van der Waals surface area contributed by atoms with Gasteiger partial charge in [-0.05, 0) is 37.0 Å². The lowest BCUT2D eigenvalue weighted by molar-refractivity contribution is 0.107. The molecule has 1 aliphatic heterocycles. The highest BCUT2D eigenvalue weighted by Gasteiger charge is 2.26. The van der Waals surface area contributed by atoms with Crippen molar-refractivity contribution in [2.24, 2.45) is 17.8 Å². The molecule has 16 heavy (non-hydrogen) atoms. The smallest absolute Gasteiger partial charge is 0.407 e. The summed E-state index contributed by atoms with van der Waals surface area (Å²) in [5.74, 6) is 1.55. The molecule has 0 bridgehead atoms. The molecule has 0 aromatic rings. The number of nitrogens with zero attached hydrogens (tertiary/aromatic N) is 1. The first-order chi connectivity index (χ1) is 7.54. The zero-order valence-electron chi connectivity index (χ0n) is 10.2. The fraction of sp³-hybridized carbons (Fsp3) is 0.917. The maximum absolute atomic E-state index is 10.7. The summed E-state index contributed by atoms with van der Waals surface area (Å²) < 4.78 is 0. The van der Waals surface area contributed by atoms with Crippen LogP contribution in [-0.4, -0.2) is 40.9 Å². The molecule has 0 aromatic heterocycles. The van der Waals surface area contributed by atoms with Gasteiger partial charge in [-0.3, -0.25) is 0 Å². The number of rotatable bonds is 4. The molecule has 0 aliphatic carbocycles. The van der Waals surface area contributed by atoms with Gasteiger partial charge in [-0.2, -0.15) is 0 Å². The van der Waals surface area contributed by atoms with E-state index in [9.17, 15) is 4.79 Å². The minimum Gasteiger partial charge on any atom is -0.465 e. The quantitative estimate of drug-likeness (QED) is 0.775. The van der Waals surface area contributed by atoms with Gasteiger partial charge in [0.15, 0.2) is 0 Å². The van der Waals surface area contributed by atoms with Crippen LogP contribution < -0.4 is 0 Å². The van der Waals surface area contributed by atoms with E-state index >= 15 is 0 Å². The maximum Gasteiger partial charge on any atom is 0.407 e. The summed E-state index contributed by atoms with van der Waals surface area (Å²) in [6.45, 7) is 5.85. The first-order valence-corrected chi connectivity index (χ1v) is 6.13. The number of hydrogen-bond acceptors (Lipinski definition) is 2. The molecule has 2 atom stereocenters. The van der Waals surface area contributed by atoms with Gasteiger partial charge in [0.05, 0.1) is 0 Å². The summed E-state index contributed by atoms with van der Waals surface area (Å²) in [4.78, 5) is 12.2. The van der Waals surface area contributed by atoms with Gasteiger partial charge in [0.25, 0.3) is 0 Å². The molecule has 1 aliphatic rings. The van der Waals surface area contributed by atoms with Crippen molar-refractivity contribution in [3.63, 3.8) is 0 Å². The molecule has 1 fully saturated rings. The fourth-order valence-corrected chi connectivity index (χ4v) is 2.56. The molecular weight excluding hydrogens is 206 g/mol. The SMILES string of the molecule is CC(CO)CC(C)C1CCN(C(=O)O)CC1. The van der Waals surface area contributed by atoms with Crippen LogP contribution in [-0.2, 0) is 0 Å². The van der Waals surface area contributed by atoms with E-state index in [0.29, 0.717) is 30.8 Å². The average molecular weight is 229 g/mol. The second-order valence-corrected chi connectivity index (χ2v) is 5.11.